The van der Waals surface area contributed by atoms with Gasteiger partial charge < -0.3 is 9.31 Å². The van der Waals surface area contributed by atoms with Crippen LogP contribution in [0.2, 0.25) is 0 Å². The lowest BCUT2D eigenvalue weighted by Crippen LogP contribution is -2.41. The third-order valence-corrected chi connectivity index (χ3v) is 6.99. The van der Waals surface area contributed by atoms with Crippen LogP contribution in [-0.4, -0.2) is 18.3 Å². The van der Waals surface area contributed by atoms with Gasteiger partial charge in [0.1, 0.15) is 0 Å². The molecule has 0 aromatic heterocycles. The zero-order valence-corrected chi connectivity index (χ0v) is 19.4. The molecule has 1 aliphatic carbocycles. The highest BCUT2D eigenvalue weighted by molar-refractivity contribution is 6.62. The van der Waals surface area contributed by atoms with Crippen molar-refractivity contribution in [3.8, 4) is 35.8 Å². The molecule has 0 spiro atoms. The molecule has 3 aromatic rings. The summed E-state index contributed by atoms with van der Waals surface area (Å²) in [6, 6.07) is 20.6. The molecule has 0 radical (unpaired) electrons. The van der Waals surface area contributed by atoms with Crippen molar-refractivity contribution >= 4 is 24.2 Å². The molecule has 33 heavy (non-hydrogen) atoms. The molecule has 1 heterocycles. The number of terminal acetylenes is 2. The molecule has 1 aliphatic heterocycles. The van der Waals surface area contributed by atoms with Gasteiger partial charge in [-0.25, -0.2) is 0 Å². The summed E-state index contributed by atoms with van der Waals surface area (Å²) in [5.41, 5.74) is 8.70. The molecule has 160 valence electrons. The van der Waals surface area contributed by atoms with Gasteiger partial charge in [-0.05, 0) is 96.9 Å². The van der Waals surface area contributed by atoms with E-state index < -0.39 is 7.12 Å². The highest BCUT2D eigenvalue weighted by atomic mass is 16.7. The van der Waals surface area contributed by atoms with Crippen molar-refractivity contribution in [3.63, 3.8) is 0 Å². The fourth-order valence-electron chi connectivity index (χ4n) is 4.43. The average molecular weight is 428 g/mol. The van der Waals surface area contributed by atoms with E-state index in [-0.39, 0.29) is 11.2 Å². The van der Waals surface area contributed by atoms with Crippen LogP contribution in [0.15, 0.2) is 60.7 Å². The fraction of sp³-hybridized carbons (Fsp3) is 0.200. The van der Waals surface area contributed by atoms with E-state index in [0.717, 1.165) is 38.9 Å². The lowest BCUT2D eigenvalue weighted by atomic mass is 9.78. The van der Waals surface area contributed by atoms with Crippen molar-refractivity contribution in [1.82, 2.24) is 0 Å². The third-order valence-electron chi connectivity index (χ3n) is 6.99. The van der Waals surface area contributed by atoms with Crippen LogP contribution >= 0.6 is 0 Å². The summed E-state index contributed by atoms with van der Waals surface area (Å²) in [5.74, 6) is 5.52. The fourth-order valence-corrected chi connectivity index (χ4v) is 4.43. The molecule has 1 fully saturated rings. The largest absolute Gasteiger partial charge is 0.494 e. The first-order chi connectivity index (χ1) is 15.7. The molecule has 5 rings (SSSR count). The van der Waals surface area contributed by atoms with Crippen LogP contribution in [0.4, 0.5) is 0 Å². The van der Waals surface area contributed by atoms with Crippen molar-refractivity contribution in [3.05, 3.63) is 88.5 Å². The summed E-state index contributed by atoms with van der Waals surface area (Å²) in [7, 11) is -0.405. The Bertz CT molecular complexity index is 1310. The summed E-state index contributed by atoms with van der Waals surface area (Å²) in [6.07, 6.45) is 13.6. The molecular weight excluding hydrogens is 403 g/mol. The Kier molecular flexibility index (Phi) is 4.87. The van der Waals surface area contributed by atoms with Gasteiger partial charge in [0.15, 0.2) is 0 Å². The smallest absolute Gasteiger partial charge is 0.399 e. The number of hydrogen-bond acceptors (Lipinski definition) is 2. The van der Waals surface area contributed by atoms with Crippen molar-refractivity contribution < 1.29 is 9.31 Å². The van der Waals surface area contributed by atoms with E-state index in [1.54, 1.807) is 0 Å². The van der Waals surface area contributed by atoms with Crippen LogP contribution in [0.3, 0.4) is 0 Å². The van der Waals surface area contributed by atoms with Crippen LogP contribution in [-0.2, 0) is 9.31 Å². The van der Waals surface area contributed by atoms with Gasteiger partial charge in [-0.2, -0.15) is 0 Å². The first-order valence-electron chi connectivity index (χ1n) is 11.1. The van der Waals surface area contributed by atoms with E-state index in [2.05, 4.69) is 82.0 Å². The lowest BCUT2D eigenvalue weighted by molar-refractivity contribution is 0.00578. The highest BCUT2D eigenvalue weighted by Crippen LogP contribution is 2.45. The topological polar surface area (TPSA) is 18.5 Å². The van der Waals surface area contributed by atoms with E-state index in [4.69, 9.17) is 22.2 Å². The summed E-state index contributed by atoms with van der Waals surface area (Å²) in [5, 5.41) is 0. The van der Waals surface area contributed by atoms with E-state index in [1.807, 2.05) is 24.3 Å². The standard InChI is InChI=1S/C30H25BO2/c1-7-20-12-14-24-25-15-13-21(8-2)18-27(25)28(26(24)17-20)19-22-10-9-11-23(16-22)31-32-29(3,4)30(5,6)33-31/h1-2,9-19H,3-6H3. The van der Waals surface area contributed by atoms with E-state index in [0.29, 0.717) is 0 Å². The van der Waals surface area contributed by atoms with Gasteiger partial charge >= 0.3 is 7.12 Å². The molecule has 2 nitrogen and oxygen atoms in total. The van der Waals surface area contributed by atoms with Crippen molar-refractivity contribution in [2.75, 3.05) is 0 Å². The normalized spacial score (nSPS) is 17.2. The van der Waals surface area contributed by atoms with Crippen molar-refractivity contribution in [1.29, 1.82) is 0 Å². The Morgan fingerprint density at radius 3 is 1.79 bits per heavy atom. The molecule has 0 saturated carbocycles. The molecular formula is C30H25BO2. The van der Waals surface area contributed by atoms with Gasteiger partial charge in [-0.15, -0.1) is 12.8 Å². The van der Waals surface area contributed by atoms with Gasteiger partial charge in [0.05, 0.1) is 11.2 Å². The molecule has 0 bridgehead atoms. The second-order valence-corrected chi connectivity index (χ2v) is 9.63. The maximum Gasteiger partial charge on any atom is 0.494 e. The second-order valence-electron chi connectivity index (χ2n) is 9.63. The number of fused-ring (bicyclic) bond motifs is 3. The number of rotatable bonds is 2. The molecule has 0 atom stereocenters. The van der Waals surface area contributed by atoms with Crippen molar-refractivity contribution in [2.24, 2.45) is 0 Å². The van der Waals surface area contributed by atoms with Gasteiger partial charge in [0.2, 0.25) is 0 Å². The average Bonchev–Trinajstić information content (AvgIpc) is 3.22. The van der Waals surface area contributed by atoms with Gasteiger partial charge in [-0.1, -0.05) is 48.2 Å². The van der Waals surface area contributed by atoms with E-state index in [9.17, 15) is 0 Å². The Hall–Kier alpha value is -3.50. The first kappa shape index (κ1) is 21.4. The van der Waals surface area contributed by atoms with Crippen LogP contribution in [0.25, 0.3) is 22.8 Å². The summed E-state index contributed by atoms with van der Waals surface area (Å²) < 4.78 is 12.5. The minimum absolute atomic E-state index is 0.382. The molecule has 1 saturated heterocycles. The molecule has 2 aliphatic rings. The van der Waals surface area contributed by atoms with E-state index >= 15 is 0 Å². The minimum atomic E-state index is -0.405. The number of benzene rings is 3. The molecule has 0 N–H and O–H groups in total. The minimum Gasteiger partial charge on any atom is -0.399 e. The monoisotopic (exact) mass is 428 g/mol. The quantitative estimate of drug-likeness (QED) is 0.309. The molecule has 3 aromatic carbocycles. The second kappa shape index (κ2) is 7.53. The molecule has 3 heteroatoms. The third kappa shape index (κ3) is 3.51. The highest BCUT2D eigenvalue weighted by Gasteiger charge is 2.51. The van der Waals surface area contributed by atoms with Crippen LogP contribution in [0, 0.1) is 24.7 Å². The van der Waals surface area contributed by atoms with Crippen LogP contribution in [0.1, 0.15) is 55.5 Å². The Labute approximate surface area is 196 Å². The van der Waals surface area contributed by atoms with Crippen LogP contribution in [0.5, 0.6) is 0 Å². The summed E-state index contributed by atoms with van der Waals surface area (Å²) >= 11 is 0. The van der Waals surface area contributed by atoms with Gasteiger partial charge in [-0.3, -0.25) is 0 Å². The zero-order valence-electron chi connectivity index (χ0n) is 19.4. The van der Waals surface area contributed by atoms with Gasteiger partial charge in [0.25, 0.3) is 0 Å². The Balaban J connectivity index is 1.61. The van der Waals surface area contributed by atoms with Crippen LogP contribution < -0.4 is 5.46 Å². The first-order valence-corrected chi connectivity index (χ1v) is 11.1. The van der Waals surface area contributed by atoms with E-state index in [1.165, 1.54) is 11.1 Å². The summed E-state index contributed by atoms with van der Waals surface area (Å²) in [6.45, 7) is 8.27. The SMILES string of the molecule is C#Cc1ccc2c(c1)C(=Cc1cccc(B3OC(C)(C)C(C)(C)O3)c1)c1cc(C#C)ccc1-2. The molecule has 0 unspecified atom stereocenters. The lowest BCUT2D eigenvalue weighted by Gasteiger charge is -2.32. The zero-order chi connectivity index (χ0) is 23.4. The maximum absolute atomic E-state index is 6.26. The predicted octanol–water partition coefficient (Wildman–Crippen LogP) is 5.52. The van der Waals surface area contributed by atoms with Crippen molar-refractivity contribution in [2.45, 2.75) is 38.9 Å². The number of hydrogen-bond donors (Lipinski definition) is 0. The Morgan fingerprint density at radius 1 is 0.727 bits per heavy atom. The van der Waals surface area contributed by atoms with Gasteiger partial charge in [0, 0.05) is 11.1 Å². The predicted molar refractivity (Wildman–Crippen MR) is 137 cm³/mol. The summed E-state index contributed by atoms with van der Waals surface area (Å²) in [4.78, 5) is 0. The maximum atomic E-state index is 6.26. The Morgan fingerprint density at radius 2 is 1.27 bits per heavy atom. The molecule has 0 amide bonds.